The first kappa shape index (κ1) is 12.3. The van der Waals surface area contributed by atoms with Crippen molar-refractivity contribution in [1.82, 2.24) is 9.97 Å². The minimum Gasteiger partial charge on any atom is -0.484 e. The van der Waals surface area contributed by atoms with Gasteiger partial charge in [-0.15, -0.1) is 0 Å². The SMILES string of the molecule is CC[C@H](Oc1cccc(F)c1)c1ccnc(N)n1. The third kappa shape index (κ3) is 2.94. The van der Waals surface area contributed by atoms with Gasteiger partial charge in [0.05, 0.1) is 5.69 Å². The highest BCUT2D eigenvalue weighted by molar-refractivity contribution is 5.24. The molecule has 0 saturated heterocycles. The van der Waals surface area contributed by atoms with E-state index in [2.05, 4.69) is 9.97 Å². The number of aromatic nitrogens is 2. The van der Waals surface area contributed by atoms with Crippen LogP contribution >= 0.6 is 0 Å². The van der Waals surface area contributed by atoms with Gasteiger partial charge in [-0.1, -0.05) is 13.0 Å². The lowest BCUT2D eigenvalue weighted by Crippen LogP contribution is -2.10. The van der Waals surface area contributed by atoms with E-state index in [9.17, 15) is 4.39 Å². The maximum atomic E-state index is 13.1. The predicted octanol–water partition coefficient (Wildman–Crippen LogP) is 2.73. The first-order chi connectivity index (χ1) is 8.69. The number of hydrogen-bond donors (Lipinski definition) is 1. The number of nitrogens with two attached hydrogens (primary N) is 1. The topological polar surface area (TPSA) is 61.0 Å². The van der Waals surface area contributed by atoms with Gasteiger partial charge in [0.2, 0.25) is 5.95 Å². The summed E-state index contributed by atoms with van der Waals surface area (Å²) in [6, 6.07) is 7.76. The number of ether oxygens (including phenoxy) is 1. The van der Waals surface area contributed by atoms with Crippen LogP contribution in [0.2, 0.25) is 0 Å². The molecule has 4 nitrogen and oxygen atoms in total. The van der Waals surface area contributed by atoms with Gasteiger partial charge in [-0.05, 0) is 24.6 Å². The van der Waals surface area contributed by atoms with Crippen molar-refractivity contribution >= 4 is 5.95 Å². The van der Waals surface area contributed by atoms with Gasteiger partial charge in [0.25, 0.3) is 0 Å². The molecule has 1 heterocycles. The Morgan fingerprint density at radius 1 is 1.39 bits per heavy atom. The smallest absolute Gasteiger partial charge is 0.220 e. The van der Waals surface area contributed by atoms with E-state index in [0.29, 0.717) is 17.9 Å². The van der Waals surface area contributed by atoms with Crippen LogP contribution in [0, 0.1) is 5.82 Å². The molecule has 94 valence electrons. The first-order valence-electron chi connectivity index (χ1n) is 5.69. The van der Waals surface area contributed by atoms with E-state index < -0.39 is 0 Å². The number of rotatable bonds is 4. The lowest BCUT2D eigenvalue weighted by atomic mass is 10.2. The molecule has 2 N–H and O–H groups in total. The molecule has 0 aliphatic carbocycles. The van der Waals surface area contributed by atoms with Gasteiger partial charge in [0.1, 0.15) is 17.7 Å². The Kier molecular flexibility index (Phi) is 3.72. The van der Waals surface area contributed by atoms with Crippen LogP contribution in [0.5, 0.6) is 5.75 Å². The summed E-state index contributed by atoms with van der Waals surface area (Å²) < 4.78 is 18.8. The molecule has 0 amide bonds. The fraction of sp³-hybridized carbons (Fsp3) is 0.231. The van der Waals surface area contributed by atoms with Crippen molar-refractivity contribution in [2.24, 2.45) is 0 Å². The number of anilines is 1. The molecule has 2 rings (SSSR count). The zero-order valence-corrected chi connectivity index (χ0v) is 10.0. The van der Waals surface area contributed by atoms with Crippen molar-refractivity contribution in [3.05, 3.63) is 48.0 Å². The molecule has 0 aliphatic heterocycles. The maximum absolute atomic E-state index is 13.1. The van der Waals surface area contributed by atoms with Crippen LogP contribution in [0.15, 0.2) is 36.5 Å². The summed E-state index contributed by atoms with van der Waals surface area (Å²) in [7, 11) is 0. The number of halogens is 1. The molecule has 0 saturated carbocycles. The number of nitrogen functional groups attached to an aromatic ring is 1. The third-order valence-corrected chi connectivity index (χ3v) is 2.47. The molecule has 2 aromatic rings. The zero-order chi connectivity index (χ0) is 13.0. The fourth-order valence-corrected chi connectivity index (χ4v) is 1.63. The third-order valence-electron chi connectivity index (χ3n) is 2.47. The Hall–Kier alpha value is -2.17. The summed E-state index contributed by atoms with van der Waals surface area (Å²) in [4.78, 5) is 7.94. The Bertz CT molecular complexity index is 533. The number of benzene rings is 1. The minimum atomic E-state index is -0.329. The molecular weight excluding hydrogens is 233 g/mol. The average molecular weight is 247 g/mol. The minimum absolute atomic E-state index is 0.203. The van der Waals surface area contributed by atoms with Crippen LogP contribution < -0.4 is 10.5 Å². The number of hydrogen-bond acceptors (Lipinski definition) is 4. The first-order valence-corrected chi connectivity index (χ1v) is 5.69. The Morgan fingerprint density at radius 2 is 2.22 bits per heavy atom. The van der Waals surface area contributed by atoms with Gasteiger partial charge in [0, 0.05) is 12.3 Å². The quantitative estimate of drug-likeness (QED) is 0.902. The molecule has 0 unspecified atom stereocenters. The van der Waals surface area contributed by atoms with E-state index in [1.54, 1.807) is 24.4 Å². The van der Waals surface area contributed by atoms with E-state index in [1.807, 2.05) is 6.92 Å². The van der Waals surface area contributed by atoms with E-state index in [0.717, 1.165) is 0 Å². The molecule has 18 heavy (non-hydrogen) atoms. The summed E-state index contributed by atoms with van der Waals surface area (Å²) in [5.41, 5.74) is 6.22. The van der Waals surface area contributed by atoms with Crippen LogP contribution in [0.1, 0.15) is 25.1 Å². The van der Waals surface area contributed by atoms with Gasteiger partial charge < -0.3 is 10.5 Å². The average Bonchev–Trinajstić information content (AvgIpc) is 2.36. The monoisotopic (exact) mass is 247 g/mol. The standard InChI is InChI=1S/C13H14FN3O/c1-2-12(11-6-7-16-13(15)17-11)18-10-5-3-4-9(14)8-10/h3-8,12H,2H2,1H3,(H2,15,16,17)/t12-/m0/s1. The summed E-state index contributed by atoms with van der Waals surface area (Å²) in [6.45, 7) is 1.96. The summed E-state index contributed by atoms with van der Waals surface area (Å²) in [5.74, 6) is 0.345. The highest BCUT2D eigenvalue weighted by Gasteiger charge is 2.13. The van der Waals surface area contributed by atoms with Crippen molar-refractivity contribution in [3.63, 3.8) is 0 Å². The molecule has 0 aliphatic rings. The summed E-state index contributed by atoms with van der Waals surface area (Å²) in [6.07, 6.45) is 2.01. The molecule has 0 fully saturated rings. The van der Waals surface area contributed by atoms with Crippen LogP contribution in [0.25, 0.3) is 0 Å². The molecule has 1 aromatic heterocycles. The lowest BCUT2D eigenvalue weighted by Gasteiger charge is -2.17. The van der Waals surface area contributed by atoms with Crippen molar-refractivity contribution < 1.29 is 9.13 Å². The Labute approximate surface area is 105 Å². The lowest BCUT2D eigenvalue weighted by molar-refractivity contribution is 0.195. The van der Waals surface area contributed by atoms with Crippen LogP contribution in [0.3, 0.4) is 0 Å². The molecule has 0 bridgehead atoms. The second-order valence-electron chi connectivity index (χ2n) is 3.81. The largest absolute Gasteiger partial charge is 0.484 e. The van der Waals surface area contributed by atoms with Gasteiger partial charge in [-0.25, -0.2) is 14.4 Å². The van der Waals surface area contributed by atoms with E-state index in [-0.39, 0.29) is 17.9 Å². The molecule has 5 heteroatoms. The van der Waals surface area contributed by atoms with E-state index in [4.69, 9.17) is 10.5 Å². The molecular formula is C13H14FN3O. The maximum Gasteiger partial charge on any atom is 0.220 e. The fourth-order valence-electron chi connectivity index (χ4n) is 1.63. The molecule has 1 aromatic carbocycles. The van der Waals surface area contributed by atoms with Gasteiger partial charge in [-0.2, -0.15) is 0 Å². The predicted molar refractivity (Wildman–Crippen MR) is 66.5 cm³/mol. The van der Waals surface area contributed by atoms with Gasteiger partial charge in [-0.3, -0.25) is 0 Å². The van der Waals surface area contributed by atoms with E-state index >= 15 is 0 Å². The van der Waals surface area contributed by atoms with Gasteiger partial charge >= 0.3 is 0 Å². The van der Waals surface area contributed by atoms with Crippen molar-refractivity contribution in [3.8, 4) is 5.75 Å². The second kappa shape index (κ2) is 5.44. The summed E-state index contributed by atoms with van der Waals surface area (Å²) >= 11 is 0. The van der Waals surface area contributed by atoms with Crippen molar-refractivity contribution in [2.45, 2.75) is 19.4 Å². The van der Waals surface area contributed by atoms with Crippen molar-refractivity contribution in [2.75, 3.05) is 5.73 Å². The normalized spacial score (nSPS) is 12.1. The number of nitrogens with zero attached hydrogens (tertiary/aromatic N) is 2. The van der Waals surface area contributed by atoms with E-state index in [1.165, 1.54) is 12.1 Å². The molecule has 0 radical (unpaired) electrons. The van der Waals surface area contributed by atoms with Gasteiger partial charge in [0.15, 0.2) is 0 Å². The second-order valence-corrected chi connectivity index (χ2v) is 3.81. The van der Waals surface area contributed by atoms with Crippen LogP contribution in [-0.4, -0.2) is 9.97 Å². The molecule has 1 atom stereocenters. The Morgan fingerprint density at radius 3 is 2.89 bits per heavy atom. The van der Waals surface area contributed by atoms with Crippen LogP contribution in [0.4, 0.5) is 10.3 Å². The van der Waals surface area contributed by atoms with Crippen LogP contribution in [-0.2, 0) is 0 Å². The highest BCUT2D eigenvalue weighted by atomic mass is 19.1. The Balaban J connectivity index is 2.19. The molecule has 0 spiro atoms. The zero-order valence-electron chi connectivity index (χ0n) is 10.0. The highest BCUT2D eigenvalue weighted by Crippen LogP contribution is 2.23. The van der Waals surface area contributed by atoms with Crippen molar-refractivity contribution in [1.29, 1.82) is 0 Å². The summed E-state index contributed by atoms with van der Waals surface area (Å²) in [5, 5.41) is 0.